The molecular weight excluding hydrogens is 388 g/mol. The third-order valence-electron chi connectivity index (χ3n) is 6.73. The Hall–Kier alpha value is -2.51. The van der Waals surface area contributed by atoms with Crippen LogP contribution in [0.25, 0.3) is 0 Å². The van der Waals surface area contributed by atoms with Crippen molar-refractivity contribution in [2.45, 2.75) is 31.0 Å². The number of allylic oxidation sites excluding steroid dienone is 2. The summed E-state index contributed by atoms with van der Waals surface area (Å²) in [5, 5.41) is 11.2. The first-order valence-corrected chi connectivity index (χ1v) is 9.78. The van der Waals surface area contributed by atoms with Crippen molar-refractivity contribution in [1.29, 1.82) is 0 Å². The van der Waals surface area contributed by atoms with E-state index in [9.17, 15) is 9.90 Å². The predicted octanol–water partition coefficient (Wildman–Crippen LogP) is 2.87. The highest BCUT2D eigenvalue weighted by Gasteiger charge is 2.72. The number of ether oxygens (including phenoxy) is 5. The number of hydrogen-bond donors (Lipinski definition) is 1. The maximum absolute atomic E-state index is 13.8. The molecule has 1 N–H and O–H groups in total. The number of rotatable bonds is 8. The van der Waals surface area contributed by atoms with Crippen LogP contribution in [0.1, 0.15) is 24.8 Å². The first-order valence-electron chi connectivity index (χ1n) is 9.78. The number of carbonyl (C=O) groups is 1. The van der Waals surface area contributed by atoms with Crippen molar-refractivity contribution in [3.8, 4) is 17.2 Å². The molecule has 0 heterocycles. The average Bonchev–Trinajstić information content (AvgIpc) is 2.89. The fraction of sp³-hybridized carbons (Fsp3) is 0.522. The molecule has 0 aliphatic heterocycles. The maximum atomic E-state index is 13.8. The second kappa shape index (κ2) is 7.96. The third-order valence-corrected chi connectivity index (χ3v) is 6.73. The van der Waals surface area contributed by atoms with E-state index < -0.39 is 23.0 Å². The van der Waals surface area contributed by atoms with E-state index in [-0.39, 0.29) is 11.7 Å². The summed E-state index contributed by atoms with van der Waals surface area (Å²) in [7, 11) is 7.53. The van der Waals surface area contributed by atoms with Crippen LogP contribution in [0.4, 0.5) is 0 Å². The van der Waals surface area contributed by atoms with Crippen molar-refractivity contribution >= 4 is 5.78 Å². The van der Waals surface area contributed by atoms with Crippen LogP contribution in [0.2, 0.25) is 0 Å². The Labute approximate surface area is 177 Å². The number of Topliss-reactive ketones (excluding diaryl/α,β-unsaturated/α-hetero) is 1. The van der Waals surface area contributed by atoms with Gasteiger partial charge in [-0.05, 0) is 36.1 Å². The molecule has 0 saturated heterocycles. The minimum atomic E-state index is -1.52. The number of ketones is 1. The predicted molar refractivity (Wildman–Crippen MR) is 111 cm³/mol. The number of methoxy groups -OCH3 is 5. The summed E-state index contributed by atoms with van der Waals surface area (Å²) < 4.78 is 27.8. The van der Waals surface area contributed by atoms with Crippen LogP contribution in [0.3, 0.4) is 0 Å². The van der Waals surface area contributed by atoms with Crippen molar-refractivity contribution in [3.63, 3.8) is 0 Å². The molecule has 1 saturated carbocycles. The summed E-state index contributed by atoms with van der Waals surface area (Å²) in [6.45, 7) is 5.83. The van der Waals surface area contributed by atoms with E-state index in [0.29, 0.717) is 29.4 Å². The van der Waals surface area contributed by atoms with Gasteiger partial charge in [-0.15, -0.1) is 6.58 Å². The van der Waals surface area contributed by atoms with Gasteiger partial charge in [0, 0.05) is 13.0 Å². The van der Waals surface area contributed by atoms with Gasteiger partial charge in [-0.2, -0.15) is 0 Å². The Morgan fingerprint density at radius 2 is 1.67 bits per heavy atom. The lowest BCUT2D eigenvalue weighted by atomic mass is 9.70. The molecule has 5 atom stereocenters. The van der Waals surface area contributed by atoms with Crippen LogP contribution in [-0.2, 0) is 14.3 Å². The normalized spacial score (nSPS) is 32.4. The molecule has 1 fully saturated rings. The first kappa shape index (κ1) is 22.2. The van der Waals surface area contributed by atoms with Gasteiger partial charge in [0.25, 0.3) is 0 Å². The zero-order valence-corrected chi connectivity index (χ0v) is 18.4. The van der Waals surface area contributed by atoms with Crippen molar-refractivity contribution in [2.75, 3.05) is 35.5 Å². The van der Waals surface area contributed by atoms with Gasteiger partial charge in [-0.3, -0.25) is 4.79 Å². The highest BCUT2D eigenvalue weighted by molar-refractivity contribution is 6.01. The highest BCUT2D eigenvalue weighted by atomic mass is 16.5. The van der Waals surface area contributed by atoms with E-state index in [4.69, 9.17) is 23.7 Å². The summed E-state index contributed by atoms with van der Waals surface area (Å²) in [4.78, 5) is 13.8. The summed E-state index contributed by atoms with van der Waals surface area (Å²) in [6, 6.07) is 3.61. The molecule has 30 heavy (non-hydrogen) atoms. The molecule has 3 rings (SSSR count). The van der Waals surface area contributed by atoms with Gasteiger partial charge in [-0.25, -0.2) is 0 Å². The van der Waals surface area contributed by atoms with Crippen LogP contribution in [0.5, 0.6) is 17.2 Å². The largest absolute Gasteiger partial charge is 0.499 e. The Morgan fingerprint density at radius 1 is 1.07 bits per heavy atom. The fourth-order valence-electron chi connectivity index (χ4n) is 5.31. The zero-order chi connectivity index (χ0) is 22.3. The molecule has 0 spiro atoms. The van der Waals surface area contributed by atoms with Crippen LogP contribution in [-0.4, -0.2) is 58.1 Å². The molecule has 0 unspecified atom stereocenters. The lowest BCUT2D eigenvalue weighted by Crippen LogP contribution is -2.57. The minimum Gasteiger partial charge on any atom is -0.499 e. The monoisotopic (exact) mass is 418 g/mol. The molecule has 1 aromatic carbocycles. The van der Waals surface area contributed by atoms with Crippen LogP contribution >= 0.6 is 0 Å². The van der Waals surface area contributed by atoms with Crippen molar-refractivity contribution < 1.29 is 33.6 Å². The van der Waals surface area contributed by atoms with Gasteiger partial charge < -0.3 is 28.8 Å². The summed E-state index contributed by atoms with van der Waals surface area (Å²) in [6.07, 6.45) is 2.60. The summed E-state index contributed by atoms with van der Waals surface area (Å²) >= 11 is 0. The van der Waals surface area contributed by atoms with E-state index in [2.05, 4.69) is 6.58 Å². The fourth-order valence-corrected chi connectivity index (χ4v) is 5.31. The van der Waals surface area contributed by atoms with E-state index in [1.165, 1.54) is 35.5 Å². The van der Waals surface area contributed by atoms with Crippen molar-refractivity contribution in [1.82, 2.24) is 0 Å². The molecule has 164 valence electrons. The van der Waals surface area contributed by atoms with Crippen LogP contribution < -0.4 is 14.2 Å². The molecule has 2 bridgehead atoms. The van der Waals surface area contributed by atoms with Crippen LogP contribution in [0.15, 0.2) is 36.6 Å². The number of hydrogen-bond acceptors (Lipinski definition) is 7. The number of aliphatic hydroxyl groups excluding tert-OH is 1. The van der Waals surface area contributed by atoms with Gasteiger partial charge in [0.15, 0.2) is 22.9 Å². The highest BCUT2D eigenvalue weighted by Crippen LogP contribution is 2.63. The molecule has 0 amide bonds. The Morgan fingerprint density at radius 3 is 2.10 bits per heavy atom. The van der Waals surface area contributed by atoms with Gasteiger partial charge >= 0.3 is 0 Å². The van der Waals surface area contributed by atoms with Crippen LogP contribution in [0, 0.1) is 11.3 Å². The van der Waals surface area contributed by atoms with Crippen molar-refractivity contribution in [2.24, 2.45) is 11.3 Å². The van der Waals surface area contributed by atoms with Crippen molar-refractivity contribution in [3.05, 3.63) is 42.2 Å². The van der Waals surface area contributed by atoms with E-state index in [0.717, 1.165) is 5.56 Å². The van der Waals surface area contributed by atoms with Gasteiger partial charge in [0.1, 0.15) is 11.9 Å². The van der Waals surface area contributed by atoms with Gasteiger partial charge in [-0.1, -0.05) is 13.0 Å². The number of aliphatic hydroxyl groups is 1. The zero-order valence-electron chi connectivity index (χ0n) is 18.4. The number of fused-ring (bicyclic) bond motifs is 2. The summed E-state index contributed by atoms with van der Waals surface area (Å²) in [5.41, 5.74) is -1.69. The molecule has 2 aliphatic carbocycles. The molecule has 7 heteroatoms. The topological polar surface area (TPSA) is 83.5 Å². The Bertz CT molecular complexity index is 851. The Balaban J connectivity index is 2.31. The standard InChI is InChI=1S/C23H30O7/c1-8-9-22-12-17(28-5)20(24)23(30-7,21(22)25)18(13(22)2)14-10-15(26-3)19(29-6)16(11-14)27-4/h8,10-13,18,20,24H,1,9H2,2-7H3/t13-,18+,20-,22-,23+/m1/s1. The van der Waals surface area contributed by atoms with E-state index >= 15 is 0 Å². The summed E-state index contributed by atoms with van der Waals surface area (Å²) in [5.74, 6) is 0.789. The SMILES string of the molecule is C=CC[C@]12C=C(OC)[C@@H](O)[C@](OC)(C1=O)[C@H](c1cc(OC)c(OC)c(OC)c1)[C@H]2C. The quantitative estimate of drug-likeness (QED) is 0.650. The molecule has 0 aromatic heterocycles. The number of carbonyl (C=O) groups excluding carboxylic acids is 1. The third kappa shape index (κ3) is 2.68. The lowest BCUT2D eigenvalue weighted by Gasteiger charge is -2.40. The molecule has 2 aliphatic rings. The molecule has 0 radical (unpaired) electrons. The van der Waals surface area contributed by atoms with E-state index in [1.807, 2.05) is 6.92 Å². The second-order valence-corrected chi connectivity index (χ2v) is 7.74. The molecule has 7 nitrogen and oxygen atoms in total. The second-order valence-electron chi connectivity index (χ2n) is 7.74. The maximum Gasteiger partial charge on any atom is 0.203 e. The smallest absolute Gasteiger partial charge is 0.203 e. The molecular formula is C23H30O7. The van der Waals surface area contributed by atoms with E-state index in [1.54, 1.807) is 24.3 Å². The Kier molecular flexibility index (Phi) is 5.89. The number of benzene rings is 1. The minimum absolute atomic E-state index is 0.183. The van der Waals surface area contributed by atoms with Gasteiger partial charge in [0.05, 0.1) is 33.9 Å². The lowest BCUT2D eigenvalue weighted by molar-refractivity contribution is -0.161. The average molecular weight is 418 g/mol. The first-order chi connectivity index (χ1) is 14.3. The van der Waals surface area contributed by atoms with Gasteiger partial charge in [0.2, 0.25) is 5.75 Å². The molecule has 1 aromatic rings.